The molecule has 1 saturated carbocycles. The van der Waals surface area contributed by atoms with E-state index in [-0.39, 0.29) is 17.3 Å². The second kappa shape index (κ2) is 3.72. The Kier molecular flexibility index (Phi) is 2.71. The van der Waals surface area contributed by atoms with Crippen LogP contribution in [0.25, 0.3) is 0 Å². The van der Waals surface area contributed by atoms with Crippen LogP contribution in [0.1, 0.15) is 40.5 Å². The number of fused-ring (bicyclic) bond motifs is 1. The summed E-state index contributed by atoms with van der Waals surface area (Å²) in [6.45, 7) is 8.45. The number of carbonyl (C=O) groups is 1. The average molecular weight is 239 g/mol. The van der Waals surface area contributed by atoms with E-state index in [1.165, 1.54) is 7.11 Å². The van der Waals surface area contributed by atoms with Gasteiger partial charge in [-0.3, -0.25) is 0 Å². The molecule has 3 atom stereocenters. The van der Waals surface area contributed by atoms with Crippen molar-refractivity contribution in [3.63, 3.8) is 0 Å². The molecule has 0 spiro atoms. The standard InChI is InChI=1S/C13H21NO3/c1-8-6-9-10(12(2,3)4)14-17-13(9,7-8)11(15)16-5/h8-9H,6-7H2,1-5H3. The highest BCUT2D eigenvalue weighted by atomic mass is 16.7. The molecule has 1 aliphatic heterocycles. The Bertz CT molecular complexity index is 369. The van der Waals surface area contributed by atoms with Crippen LogP contribution in [0, 0.1) is 17.3 Å². The third kappa shape index (κ3) is 1.74. The number of oxime groups is 1. The van der Waals surface area contributed by atoms with Gasteiger partial charge in [-0.05, 0) is 12.3 Å². The fraction of sp³-hybridized carbons (Fsp3) is 0.846. The molecule has 3 unspecified atom stereocenters. The first-order valence-electron chi connectivity index (χ1n) is 6.16. The summed E-state index contributed by atoms with van der Waals surface area (Å²) in [5.41, 5.74) is 0.0774. The zero-order valence-corrected chi connectivity index (χ0v) is 11.2. The van der Waals surface area contributed by atoms with Crippen LogP contribution in [-0.2, 0) is 14.4 Å². The van der Waals surface area contributed by atoms with Crippen LogP contribution in [0.4, 0.5) is 0 Å². The largest absolute Gasteiger partial charge is 0.466 e. The zero-order valence-electron chi connectivity index (χ0n) is 11.2. The van der Waals surface area contributed by atoms with E-state index in [0.717, 1.165) is 12.1 Å². The molecule has 0 saturated heterocycles. The Morgan fingerprint density at radius 2 is 2.18 bits per heavy atom. The van der Waals surface area contributed by atoms with E-state index < -0.39 is 5.60 Å². The maximum Gasteiger partial charge on any atom is 0.353 e. The quantitative estimate of drug-likeness (QED) is 0.660. The van der Waals surface area contributed by atoms with Crippen molar-refractivity contribution < 1.29 is 14.4 Å². The van der Waals surface area contributed by atoms with Crippen LogP contribution in [0.2, 0.25) is 0 Å². The van der Waals surface area contributed by atoms with Gasteiger partial charge in [-0.15, -0.1) is 0 Å². The van der Waals surface area contributed by atoms with Crippen molar-refractivity contribution in [3.05, 3.63) is 0 Å². The number of esters is 1. The number of nitrogens with zero attached hydrogens (tertiary/aromatic N) is 1. The molecule has 2 rings (SSSR count). The smallest absolute Gasteiger partial charge is 0.353 e. The average Bonchev–Trinajstić information content (AvgIpc) is 2.69. The second-order valence-corrected chi connectivity index (χ2v) is 6.30. The maximum atomic E-state index is 12.0. The van der Waals surface area contributed by atoms with Crippen LogP contribution in [0.5, 0.6) is 0 Å². The molecule has 0 aromatic rings. The molecular formula is C13H21NO3. The van der Waals surface area contributed by atoms with Crippen LogP contribution in [-0.4, -0.2) is 24.4 Å². The van der Waals surface area contributed by atoms with Gasteiger partial charge >= 0.3 is 5.97 Å². The molecule has 17 heavy (non-hydrogen) atoms. The summed E-state index contributed by atoms with van der Waals surface area (Å²) in [5, 5.41) is 4.18. The van der Waals surface area contributed by atoms with Crippen LogP contribution in [0.15, 0.2) is 5.16 Å². The van der Waals surface area contributed by atoms with Crippen molar-refractivity contribution in [3.8, 4) is 0 Å². The Morgan fingerprint density at radius 1 is 1.53 bits per heavy atom. The number of hydrogen-bond donors (Lipinski definition) is 0. The minimum Gasteiger partial charge on any atom is -0.466 e. The number of methoxy groups -OCH3 is 1. The summed E-state index contributed by atoms with van der Waals surface area (Å²) in [6.07, 6.45) is 1.65. The predicted molar refractivity (Wildman–Crippen MR) is 64.6 cm³/mol. The third-order valence-corrected chi connectivity index (χ3v) is 3.79. The lowest BCUT2D eigenvalue weighted by Crippen LogP contribution is -2.45. The van der Waals surface area contributed by atoms with Gasteiger partial charge in [-0.1, -0.05) is 32.9 Å². The molecule has 0 amide bonds. The molecule has 4 nitrogen and oxygen atoms in total. The first-order valence-corrected chi connectivity index (χ1v) is 6.16. The van der Waals surface area contributed by atoms with Crippen LogP contribution >= 0.6 is 0 Å². The number of ether oxygens (including phenoxy) is 1. The Morgan fingerprint density at radius 3 is 2.71 bits per heavy atom. The molecule has 4 heteroatoms. The third-order valence-electron chi connectivity index (χ3n) is 3.79. The minimum absolute atomic E-state index is 0.0650. The second-order valence-electron chi connectivity index (χ2n) is 6.30. The Hall–Kier alpha value is -1.06. The highest BCUT2D eigenvalue weighted by Gasteiger charge is 2.62. The summed E-state index contributed by atoms with van der Waals surface area (Å²) >= 11 is 0. The Balaban J connectivity index is 2.35. The fourth-order valence-electron chi connectivity index (χ4n) is 3.06. The van der Waals surface area contributed by atoms with Crippen molar-refractivity contribution in [2.45, 2.75) is 46.1 Å². The van der Waals surface area contributed by atoms with Crippen molar-refractivity contribution in [1.82, 2.24) is 0 Å². The molecule has 0 aromatic carbocycles. The predicted octanol–water partition coefficient (Wildman–Crippen LogP) is 2.38. The molecule has 1 fully saturated rings. The first-order chi connectivity index (χ1) is 7.81. The number of hydrogen-bond acceptors (Lipinski definition) is 4. The Labute approximate surface area is 102 Å². The van der Waals surface area contributed by atoms with Crippen molar-refractivity contribution in [1.29, 1.82) is 0 Å². The van der Waals surface area contributed by atoms with E-state index >= 15 is 0 Å². The van der Waals surface area contributed by atoms with Gasteiger partial charge in [-0.25, -0.2) is 4.79 Å². The maximum absolute atomic E-state index is 12.0. The summed E-state index contributed by atoms with van der Waals surface area (Å²) in [4.78, 5) is 17.6. The zero-order chi connectivity index (χ0) is 12.8. The summed E-state index contributed by atoms with van der Waals surface area (Å²) in [6, 6.07) is 0. The fourth-order valence-corrected chi connectivity index (χ4v) is 3.06. The molecule has 1 aliphatic carbocycles. The highest BCUT2D eigenvalue weighted by Crippen LogP contribution is 2.50. The van der Waals surface area contributed by atoms with Gasteiger partial charge in [-0.2, -0.15) is 0 Å². The van der Waals surface area contributed by atoms with Gasteiger partial charge in [0.25, 0.3) is 0 Å². The summed E-state index contributed by atoms with van der Waals surface area (Å²) in [7, 11) is 1.41. The minimum atomic E-state index is -0.850. The summed E-state index contributed by atoms with van der Waals surface area (Å²) < 4.78 is 4.91. The monoisotopic (exact) mass is 239 g/mol. The van der Waals surface area contributed by atoms with Gasteiger partial charge in [0, 0.05) is 11.8 Å². The molecule has 0 radical (unpaired) electrons. The van der Waals surface area contributed by atoms with E-state index in [1.807, 2.05) is 0 Å². The normalized spacial score (nSPS) is 36.2. The molecule has 1 heterocycles. The number of rotatable bonds is 1. The number of carbonyl (C=O) groups excluding carboxylic acids is 1. The van der Waals surface area contributed by atoms with Crippen molar-refractivity contribution >= 4 is 11.7 Å². The van der Waals surface area contributed by atoms with Gasteiger partial charge in [0.2, 0.25) is 5.60 Å². The molecule has 96 valence electrons. The lowest BCUT2D eigenvalue weighted by atomic mass is 9.76. The SMILES string of the molecule is COC(=O)C12CC(C)CC1C(C(C)(C)C)=NO2. The van der Waals surface area contributed by atoms with Gasteiger partial charge in [0.1, 0.15) is 0 Å². The van der Waals surface area contributed by atoms with E-state index in [1.54, 1.807) is 0 Å². The van der Waals surface area contributed by atoms with Gasteiger partial charge < -0.3 is 9.57 Å². The van der Waals surface area contributed by atoms with Crippen molar-refractivity contribution in [2.75, 3.05) is 7.11 Å². The molecule has 2 aliphatic rings. The molecule has 0 N–H and O–H groups in total. The van der Waals surface area contributed by atoms with E-state index in [0.29, 0.717) is 12.3 Å². The first kappa shape index (κ1) is 12.4. The molecular weight excluding hydrogens is 218 g/mol. The van der Waals surface area contributed by atoms with Crippen LogP contribution in [0.3, 0.4) is 0 Å². The van der Waals surface area contributed by atoms with E-state index in [4.69, 9.17) is 9.57 Å². The topological polar surface area (TPSA) is 47.9 Å². The molecule has 0 aromatic heterocycles. The van der Waals surface area contributed by atoms with Crippen LogP contribution < -0.4 is 0 Å². The van der Waals surface area contributed by atoms with E-state index in [9.17, 15) is 4.79 Å². The molecule has 0 bridgehead atoms. The summed E-state index contributed by atoms with van der Waals surface area (Å²) in [5.74, 6) is 0.256. The van der Waals surface area contributed by atoms with Gasteiger partial charge in [0.15, 0.2) is 0 Å². The lowest BCUT2D eigenvalue weighted by molar-refractivity contribution is -0.169. The highest BCUT2D eigenvalue weighted by molar-refractivity contribution is 5.99. The van der Waals surface area contributed by atoms with Gasteiger partial charge in [0.05, 0.1) is 18.7 Å². The lowest BCUT2D eigenvalue weighted by Gasteiger charge is -2.27. The van der Waals surface area contributed by atoms with Crippen molar-refractivity contribution in [2.24, 2.45) is 22.4 Å². The van der Waals surface area contributed by atoms with E-state index in [2.05, 4.69) is 32.9 Å².